The molecule has 1 aliphatic rings. The fourth-order valence-corrected chi connectivity index (χ4v) is 1.51. The number of rotatable bonds is 3. The van der Waals surface area contributed by atoms with Gasteiger partial charge < -0.3 is 10.4 Å². The number of para-hydroxylation sites is 1. The average Bonchev–Trinajstić information content (AvgIpc) is 2.84. The van der Waals surface area contributed by atoms with Crippen LogP contribution in [-0.4, -0.2) is 28.7 Å². The van der Waals surface area contributed by atoms with Crippen molar-refractivity contribution in [2.75, 3.05) is 12.0 Å². The largest absolute Gasteiger partial charge is 0.480 e. The van der Waals surface area contributed by atoms with Crippen molar-refractivity contribution in [1.29, 1.82) is 0 Å². The topological polar surface area (TPSA) is 105 Å². The van der Waals surface area contributed by atoms with Crippen LogP contribution >= 0.6 is 0 Å². The van der Waals surface area contributed by atoms with E-state index in [9.17, 15) is 14.9 Å². The molecule has 18 heavy (non-hydrogen) atoms. The molecule has 1 aliphatic heterocycles. The number of hydrogen-bond acceptors (Lipinski definition) is 4. The molecular formula is C11H15N3O4. The number of carboxylic acids is 1. The lowest BCUT2D eigenvalue weighted by Gasteiger charge is -1.99. The summed E-state index contributed by atoms with van der Waals surface area (Å²) in [7, 11) is 0. The normalized spacial score (nSPS) is 17.4. The first kappa shape index (κ1) is 13.9. The number of benzene rings is 1. The average molecular weight is 253 g/mol. The van der Waals surface area contributed by atoms with Crippen molar-refractivity contribution < 1.29 is 14.9 Å². The second-order valence-electron chi connectivity index (χ2n) is 3.72. The number of carboxylic acid groups (broad SMARTS) is 1. The van der Waals surface area contributed by atoms with Crippen LogP contribution < -0.4 is 10.7 Å². The Morgan fingerprint density at radius 1 is 1.44 bits per heavy atom. The Morgan fingerprint density at radius 3 is 2.50 bits per heavy atom. The molecule has 0 spiro atoms. The Bertz CT molecular complexity index is 391. The standard InChI is InChI=1S/C6H6N2O2.C5H9NO2/c9-8(10)7-6-4-2-1-3-5-6;7-5(8)4-2-1-3-6-4/h1-5,7H;4,6H,1-3H2,(H,7,8)/t;4-/m.0/s1. The van der Waals surface area contributed by atoms with Gasteiger partial charge >= 0.3 is 5.97 Å². The summed E-state index contributed by atoms with van der Waals surface area (Å²) in [4.78, 5) is 20.0. The van der Waals surface area contributed by atoms with Crippen molar-refractivity contribution in [2.24, 2.45) is 0 Å². The number of aliphatic carboxylic acids is 1. The monoisotopic (exact) mass is 253 g/mol. The maximum Gasteiger partial charge on any atom is 0.320 e. The van der Waals surface area contributed by atoms with Crippen LogP contribution in [0.1, 0.15) is 12.8 Å². The highest BCUT2D eigenvalue weighted by molar-refractivity contribution is 5.73. The van der Waals surface area contributed by atoms with Gasteiger partial charge in [-0.3, -0.25) is 4.79 Å². The summed E-state index contributed by atoms with van der Waals surface area (Å²) in [6.07, 6.45) is 1.78. The van der Waals surface area contributed by atoms with E-state index in [0.29, 0.717) is 5.69 Å². The molecule has 0 bridgehead atoms. The number of nitrogens with one attached hydrogen (secondary N) is 2. The predicted octanol–water partition coefficient (Wildman–Crippen LogP) is 1.11. The maximum absolute atomic E-state index is 10.1. The number of hydrogen-bond donors (Lipinski definition) is 3. The van der Waals surface area contributed by atoms with Crippen LogP contribution in [-0.2, 0) is 4.79 Å². The summed E-state index contributed by atoms with van der Waals surface area (Å²) in [5, 5.41) is 20.5. The summed E-state index contributed by atoms with van der Waals surface area (Å²) in [6.45, 7) is 0.858. The van der Waals surface area contributed by atoms with E-state index in [1.54, 1.807) is 30.3 Å². The minimum Gasteiger partial charge on any atom is -0.480 e. The molecule has 1 fully saturated rings. The molecule has 0 saturated carbocycles. The number of carbonyl (C=O) groups is 1. The van der Waals surface area contributed by atoms with Crippen molar-refractivity contribution in [2.45, 2.75) is 18.9 Å². The van der Waals surface area contributed by atoms with E-state index < -0.39 is 11.0 Å². The van der Waals surface area contributed by atoms with E-state index in [1.807, 2.05) is 5.43 Å². The van der Waals surface area contributed by atoms with Crippen LogP contribution in [0.5, 0.6) is 0 Å². The van der Waals surface area contributed by atoms with Crippen LogP contribution in [0.25, 0.3) is 0 Å². The second-order valence-corrected chi connectivity index (χ2v) is 3.72. The quantitative estimate of drug-likeness (QED) is 0.550. The third-order valence-corrected chi connectivity index (χ3v) is 2.35. The molecule has 1 saturated heterocycles. The first-order chi connectivity index (χ1) is 8.59. The summed E-state index contributed by atoms with van der Waals surface area (Å²) in [5.74, 6) is -0.720. The van der Waals surface area contributed by atoms with Crippen molar-refractivity contribution in [1.82, 2.24) is 5.32 Å². The molecule has 98 valence electrons. The van der Waals surface area contributed by atoms with Gasteiger partial charge in [0.15, 0.2) is 5.03 Å². The zero-order chi connectivity index (χ0) is 13.4. The molecule has 1 heterocycles. The molecule has 0 aliphatic carbocycles. The minimum absolute atomic E-state index is 0.269. The summed E-state index contributed by atoms with van der Waals surface area (Å²) < 4.78 is 0. The van der Waals surface area contributed by atoms with Crippen LogP contribution in [0.15, 0.2) is 30.3 Å². The molecule has 1 aromatic rings. The zero-order valence-corrected chi connectivity index (χ0v) is 9.70. The van der Waals surface area contributed by atoms with Crippen molar-refractivity contribution in [3.63, 3.8) is 0 Å². The lowest BCUT2D eigenvalue weighted by molar-refractivity contribution is -0.445. The van der Waals surface area contributed by atoms with E-state index in [1.165, 1.54) is 0 Å². The maximum atomic E-state index is 10.1. The number of nitrogens with zero attached hydrogens (tertiary/aromatic N) is 1. The Kier molecular flexibility index (Phi) is 5.59. The SMILES string of the molecule is O=C(O)[C@@H]1CCCN1.O=[N+]([O-])Nc1ccccc1. The molecule has 7 nitrogen and oxygen atoms in total. The molecule has 1 aromatic carbocycles. The number of anilines is 1. The minimum atomic E-state index is -0.720. The second kappa shape index (κ2) is 7.23. The van der Waals surface area contributed by atoms with Crippen LogP contribution in [0.3, 0.4) is 0 Å². The molecule has 7 heteroatoms. The molecule has 0 unspecified atom stereocenters. The van der Waals surface area contributed by atoms with Gasteiger partial charge in [-0.15, -0.1) is 5.43 Å². The van der Waals surface area contributed by atoms with Gasteiger partial charge in [-0.25, -0.2) is 10.1 Å². The Morgan fingerprint density at radius 2 is 2.11 bits per heavy atom. The van der Waals surface area contributed by atoms with Gasteiger partial charge in [-0.2, -0.15) is 0 Å². The van der Waals surface area contributed by atoms with Crippen molar-refractivity contribution in [3.8, 4) is 0 Å². The van der Waals surface area contributed by atoms with Crippen LogP contribution in [0.4, 0.5) is 5.69 Å². The first-order valence-electron chi connectivity index (χ1n) is 5.52. The van der Waals surface area contributed by atoms with Gasteiger partial charge in [0.25, 0.3) is 0 Å². The highest BCUT2D eigenvalue weighted by Gasteiger charge is 2.20. The Labute approximate surface area is 104 Å². The van der Waals surface area contributed by atoms with E-state index >= 15 is 0 Å². The molecule has 3 N–H and O–H groups in total. The van der Waals surface area contributed by atoms with Crippen molar-refractivity contribution >= 4 is 11.7 Å². The first-order valence-corrected chi connectivity index (χ1v) is 5.52. The summed E-state index contributed by atoms with van der Waals surface area (Å²) in [5.41, 5.74) is 2.52. The fourth-order valence-electron chi connectivity index (χ4n) is 1.51. The van der Waals surface area contributed by atoms with Gasteiger partial charge in [0.05, 0.1) is 0 Å². The van der Waals surface area contributed by atoms with Crippen LogP contribution in [0, 0.1) is 10.1 Å². The molecule has 0 amide bonds. The molecule has 1 atom stereocenters. The summed E-state index contributed by atoms with van der Waals surface area (Å²) >= 11 is 0. The fraction of sp³-hybridized carbons (Fsp3) is 0.364. The molecule has 0 radical (unpaired) electrons. The van der Waals surface area contributed by atoms with E-state index in [0.717, 1.165) is 19.4 Å². The van der Waals surface area contributed by atoms with E-state index in [2.05, 4.69) is 5.32 Å². The Balaban J connectivity index is 0.000000184. The van der Waals surface area contributed by atoms with Crippen LogP contribution in [0.2, 0.25) is 0 Å². The molecule has 2 rings (SSSR count). The Hall–Kier alpha value is -2.15. The highest BCUT2D eigenvalue weighted by Crippen LogP contribution is 2.04. The molecular weight excluding hydrogens is 238 g/mol. The van der Waals surface area contributed by atoms with Gasteiger partial charge in [0.1, 0.15) is 11.7 Å². The predicted molar refractivity (Wildman–Crippen MR) is 65.7 cm³/mol. The lowest BCUT2D eigenvalue weighted by atomic mass is 10.2. The highest BCUT2D eigenvalue weighted by atomic mass is 16.7. The van der Waals surface area contributed by atoms with Gasteiger partial charge in [-0.05, 0) is 31.5 Å². The molecule has 0 aromatic heterocycles. The van der Waals surface area contributed by atoms with E-state index in [4.69, 9.17) is 5.11 Å². The smallest absolute Gasteiger partial charge is 0.320 e. The lowest BCUT2D eigenvalue weighted by Crippen LogP contribution is -2.29. The van der Waals surface area contributed by atoms with Gasteiger partial charge in [-0.1, -0.05) is 18.2 Å². The number of hydrazine groups is 1. The third-order valence-electron chi connectivity index (χ3n) is 2.35. The number of nitro groups is 1. The van der Waals surface area contributed by atoms with Gasteiger partial charge in [0, 0.05) is 0 Å². The van der Waals surface area contributed by atoms with Gasteiger partial charge in [0.2, 0.25) is 0 Å². The summed E-state index contributed by atoms with van der Waals surface area (Å²) in [6, 6.07) is 8.24. The zero-order valence-electron chi connectivity index (χ0n) is 9.70. The van der Waals surface area contributed by atoms with E-state index in [-0.39, 0.29) is 6.04 Å². The third kappa shape index (κ3) is 5.26. The van der Waals surface area contributed by atoms with Crippen molar-refractivity contribution in [3.05, 3.63) is 40.4 Å².